The molecule has 0 saturated heterocycles. The van der Waals surface area contributed by atoms with Crippen molar-refractivity contribution in [2.75, 3.05) is 0 Å². The van der Waals surface area contributed by atoms with Crippen molar-refractivity contribution in [1.82, 2.24) is 0 Å². The summed E-state index contributed by atoms with van der Waals surface area (Å²) in [7, 11) is -1.12. The monoisotopic (exact) mass is 170 g/mol. The van der Waals surface area contributed by atoms with Gasteiger partial charge in [0.2, 0.25) is 0 Å². The van der Waals surface area contributed by atoms with Crippen molar-refractivity contribution in [1.29, 1.82) is 0 Å². The van der Waals surface area contributed by atoms with Gasteiger partial charge in [0.1, 0.15) is 6.29 Å². The van der Waals surface area contributed by atoms with Crippen LogP contribution in [-0.4, -0.2) is 14.4 Å². The van der Waals surface area contributed by atoms with Crippen LogP contribution in [0, 0.1) is 0 Å². The second-order valence-electron chi connectivity index (χ2n) is 3.77. The van der Waals surface area contributed by atoms with E-state index in [-0.39, 0.29) is 0 Å². The molecule has 11 heavy (non-hydrogen) atoms. The lowest BCUT2D eigenvalue weighted by atomic mass is 10.3. The molecule has 0 spiro atoms. The SMILES string of the molecule is C/C=C(/CCC=O)[Si](C)(C)C. The predicted molar refractivity (Wildman–Crippen MR) is 52.4 cm³/mol. The van der Waals surface area contributed by atoms with Crippen LogP contribution in [0.2, 0.25) is 19.6 Å². The van der Waals surface area contributed by atoms with Crippen molar-refractivity contribution in [3.05, 3.63) is 11.3 Å². The number of hydrogen-bond donors (Lipinski definition) is 0. The van der Waals surface area contributed by atoms with Crippen LogP contribution in [0.25, 0.3) is 0 Å². The van der Waals surface area contributed by atoms with Crippen LogP contribution >= 0.6 is 0 Å². The molecule has 0 aromatic heterocycles. The third-order valence-corrected chi connectivity index (χ3v) is 4.31. The van der Waals surface area contributed by atoms with E-state index in [0.717, 1.165) is 12.7 Å². The Morgan fingerprint density at radius 2 is 1.91 bits per heavy atom. The quantitative estimate of drug-likeness (QED) is 0.468. The second kappa shape index (κ2) is 4.49. The Kier molecular flexibility index (Phi) is 4.34. The first-order chi connectivity index (χ1) is 5.02. The lowest BCUT2D eigenvalue weighted by Gasteiger charge is -2.19. The molecule has 0 unspecified atom stereocenters. The Morgan fingerprint density at radius 1 is 1.36 bits per heavy atom. The molecule has 0 atom stereocenters. The summed E-state index contributed by atoms with van der Waals surface area (Å²) < 4.78 is 0. The minimum Gasteiger partial charge on any atom is -0.303 e. The molecule has 0 aliphatic carbocycles. The number of carbonyl (C=O) groups is 1. The maximum Gasteiger partial charge on any atom is 0.120 e. The maximum atomic E-state index is 10.1. The highest BCUT2D eigenvalue weighted by Gasteiger charge is 2.17. The van der Waals surface area contributed by atoms with Crippen molar-refractivity contribution in [2.24, 2.45) is 0 Å². The zero-order valence-electron chi connectivity index (χ0n) is 7.98. The average Bonchev–Trinajstić information content (AvgIpc) is 1.87. The Hall–Kier alpha value is -0.373. The summed E-state index contributed by atoms with van der Waals surface area (Å²) in [5, 5.41) is 1.50. The van der Waals surface area contributed by atoms with Crippen LogP contribution in [0.3, 0.4) is 0 Å². The lowest BCUT2D eigenvalue weighted by molar-refractivity contribution is -0.107. The summed E-state index contributed by atoms with van der Waals surface area (Å²) >= 11 is 0. The summed E-state index contributed by atoms with van der Waals surface area (Å²) in [6.45, 7) is 9.01. The molecule has 64 valence electrons. The van der Waals surface area contributed by atoms with Crippen LogP contribution in [0.4, 0.5) is 0 Å². The van der Waals surface area contributed by atoms with E-state index in [1.165, 1.54) is 5.20 Å². The lowest BCUT2D eigenvalue weighted by Crippen LogP contribution is -2.23. The molecule has 0 aromatic carbocycles. The van der Waals surface area contributed by atoms with Gasteiger partial charge in [0.15, 0.2) is 0 Å². The van der Waals surface area contributed by atoms with E-state index >= 15 is 0 Å². The molecule has 0 rings (SSSR count). The zero-order chi connectivity index (χ0) is 8.91. The van der Waals surface area contributed by atoms with Crippen molar-refractivity contribution in [3.8, 4) is 0 Å². The van der Waals surface area contributed by atoms with Gasteiger partial charge in [-0.1, -0.05) is 30.9 Å². The smallest absolute Gasteiger partial charge is 0.120 e. The van der Waals surface area contributed by atoms with Gasteiger partial charge in [0, 0.05) is 6.42 Å². The molecule has 0 aromatic rings. The summed E-state index contributed by atoms with van der Waals surface area (Å²) in [5.74, 6) is 0. The Bertz CT molecular complexity index is 153. The molecule has 0 N–H and O–H groups in total. The fourth-order valence-electron chi connectivity index (χ4n) is 1.17. The second-order valence-corrected chi connectivity index (χ2v) is 8.91. The van der Waals surface area contributed by atoms with Gasteiger partial charge in [-0.2, -0.15) is 0 Å². The Labute approximate surface area is 70.5 Å². The summed E-state index contributed by atoms with van der Waals surface area (Å²) in [5.41, 5.74) is 0. The number of hydrogen-bond acceptors (Lipinski definition) is 1. The minimum absolute atomic E-state index is 0.684. The molecule has 0 saturated carbocycles. The van der Waals surface area contributed by atoms with Crippen molar-refractivity contribution < 1.29 is 4.79 Å². The molecule has 0 radical (unpaired) electrons. The van der Waals surface area contributed by atoms with E-state index in [1.807, 2.05) is 0 Å². The molecule has 0 aliphatic heterocycles. The molecule has 1 nitrogen and oxygen atoms in total. The van der Waals surface area contributed by atoms with E-state index in [9.17, 15) is 4.79 Å². The molecule has 2 heteroatoms. The van der Waals surface area contributed by atoms with Crippen LogP contribution in [0.1, 0.15) is 19.8 Å². The fraction of sp³-hybridized carbons (Fsp3) is 0.667. The normalized spacial score (nSPS) is 13.3. The first-order valence-corrected chi connectivity index (χ1v) is 7.61. The molecule has 0 heterocycles. The average molecular weight is 170 g/mol. The fourth-order valence-corrected chi connectivity index (χ4v) is 2.93. The summed E-state index contributed by atoms with van der Waals surface area (Å²) in [4.78, 5) is 10.1. The Balaban J connectivity index is 4.09. The van der Waals surface area contributed by atoms with Gasteiger partial charge in [-0.3, -0.25) is 0 Å². The zero-order valence-corrected chi connectivity index (χ0v) is 8.98. The topological polar surface area (TPSA) is 17.1 Å². The number of allylic oxidation sites excluding steroid dienone is 2. The molecule has 0 bridgehead atoms. The van der Waals surface area contributed by atoms with Gasteiger partial charge in [-0.05, 0) is 13.3 Å². The standard InChI is InChI=1S/C9H18OSi/c1-5-9(7-6-8-10)11(2,3)4/h5,8H,6-7H2,1-4H3/b9-5-. The van der Waals surface area contributed by atoms with Crippen LogP contribution in [-0.2, 0) is 4.79 Å². The van der Waals surface area contributed by atoms with Gasteiger partial charge in [-0.15, -0.1) is 0 Å². The first kappa shape index (κ1) is 10.6. The van der Waals surface area contributed by atoms with Crippen LogP contribution in [0.15, 0.2) is 11.3 Å². The maximum absolute atomic E-state index is 10.1. The largest absolute Gasteiger partial charge is 0.303 e. The number of rotatable bonds is 4. The van der Waals surface area contributed by atoms with E-state index in [1.54, 1.807) is 0 Å². The van der Waals surface area contributed by atoms with Gasteiger partial charge >= 0.3 is 0 Å². The van der Waals surface area contributed by atoms with E-state index in [4.69, 9.17) is 0 Å². The summed E-state index contributed by atoms with van der Waals surface area (Å²) in [6.07, 6.45) is 4.83. The van der Waals surface area contributed by atoms with Gasteiger partial charge in [0.25, 0.3) is 0 Å². The Morgan fingerprint density at radius 3 is 2.18 bits per heavy atom. The third-order valence-electron chi connectivity index (χ3n) is 1.84. The molecular formula is C9H18OSi. The summed E-state index contributed by atoms with van der Waals surface area (Å²) in [6, 6.07) is 0. The van der Waals surface area contributed by atoms with Crippen LogP contribution < -0.4 is 0 Å². The van der Waals surface area contributed by atoms with Crippen molar-refractivity contribution in [3.63, 3.8) is 0 Å². The van der Waals surface area contributed by atoms with E-state index in [2.05, 4.69) is 32.6 Å². The van der Waals surface area contributed by atoms with Gasteiger partial charge < -0.3 is 4.79 Å². The first-order valence-electron chi connectivity index (χ1n) is 4.11. The molecule has 0 fully saturated rings. The van der Waals surface area contributed by atoms with E-state index in [0.29, 0.717) is 6.42 Å². The number of carbonyl (C=O) groups excluding carboxylic acids is 1. The molecule has 0 amide bonds. The van der Waals surface area contributed by atoms with Crippen molar-refractivity contribution in [2.45, 2.75) is 39.4 Å². The highest BCUT2D eigenvalue weighted by molar-refractivity contribution is 6.83. The highest BCUT2D eigenvalue weighted by atomic mass is 28.3. The van der Waals surface area contributed by atoms with E-state index < -0.39 is 8.07 Å². The van der Waals surface area contributed by atoms with Crippen molar-refractivity contribution >= 4 is 14.4 Å². The molecule has 0 aliphatic rings. The molecular weight excluding hydrogens is 152 g/mol. The number of aldehydes is 1. The minimum atomic E-state index is -1.12. The third kappa shape index (κ3) is 4.14. The van der Waals surface area contributed by atoms with Gasteiger partial charge in [-0.25, -0.2) is 0 Å². The highest BCUT2D eigenvalue weighted by Crippen LogP contribution is 2.18. The predicted octanol–water partition coefficient (Wildman–Crippen LogP) is 2.79. The van der Waals surface area contributed by atoms with Crippen LogP contribution in [0.5, 0.6) is 0 Å². The van der Waals surface area contributed by atoms with Gasteiger partial charge in [0.05, 0.1) is 8.07 Å².